The van der Waals surface area contributed by atoms with Crippen LogP contribution in [0.1, 0.15) is 27.3 Å². The number of nitriles is 1. The van der Waals surface area contributed by atoms with Crippen LogP contribution in [0.5, 0.6) is 0 Å². The Bertz CT molecular complexity index is 1160. The number of aryl methyl sites for hydroxylation is 1. The second-order valence-electron chi connectivity index (χ2n) is 6.21. The van der Waals surface area contributed by atoms with E-state index in [1.807, 2.05) is 6.07 Å². The van der Waals surface area contributed by atoms with E-state index in [4.69, 9.17) is 23.2 Å². The maximum absolute atomic E-state index is 14.2. The van der Waals surface area contributed by atoms with Gasteiger partial charge in [0.1, 0.15) is 17.5 Å². The molecule has 140 valence electrons. The lowest BCUT2D eigenvalue weighted by atomic mass is 10.0. The van der Waals surface area contributed by atoms with E-state index in [-0.39, 0.29) is 10.6 Å². The van der Waals surface area contributed by atoms with Crippen LogP contribution in [-0.2, 0) is 0 Å². The second-order valence-corrected chi connectivity index (χ2v) is 7.00. The third-order valence-electron chi connectivity index (χ3n) is 4.42. The fourth-order valence-electron chi connectivity index (χ4n) is 3.08. The van der Waals surface area contributed by atoms with Gasteiger partial charge in [0.05, 0.1) is 15.7 Å². The van der Waals surface area contributed by atoms with Crippen LogP contribution in [0.2, 0.25) is 10.0 Å². The standard InChI is InChI=1S/C22H15Cl2FN2O/c1-13-10-17(14(2)27(13)20-9-4-3-8-19(20)25)22(28)16(12-26)11-15-6-5-7-18(23)21(15)24/h3-11H,1-2H3/b16-11-. The van der Waals surface area contributed by atoms with Gasteiger partial charge in [-0.1, -0.05) is 47.5 Å². The van der Waals surface area contributed by atoms with Crippen molar-refractivity contribution in [2.75, 3.05) is 0 Å². The Kier molecular flexibility index (Phi) is 5.69. The van der Waals surface area contributed by atoms with Crippen molar-refractivity contribution >= 4 is 35.1 Å². The molecular formula is C22H15Cl2FN2O. The minimum atomic E-state index is -0.464. The molecule has 0 aliphatic carbocycles. The molecule has 0 spiro atoms. The number of carbonyl (C=O) groups is 1. The van der Waals surface area contributed by atoms with Gasteiger partial charge >= 0.3 is 0 Å². The first kappa shape index (κ1) is 19.9. The van der Waals surface area contributed by atoms with E-state index in [1.54, 1.807) is 60.9 Å². The summed E-state index contributed by atoms with van der Waals surface area (Å²) in [7, 11) is 0. The molecule has 0 aliphatic rings. The topological polar surface area (TPSA) is 45.8 Å². The predicted octanol–water partition coefficient (Wildman–Crippen LogP) is 6.33. The first-order valence-electron chi connectivity index (χ1n) is 8.39. The first-order chi connectivity index (χ1) is 13.3. The van der Waals surface area contributed by atoms with Gasteiger partial charge in [-0.05, 0) is 49.8 Å². The van der Waals surface area contributed by atoms with Gasteiger partial charge in [-0.15, -0.1) is 0 Å². The molecule has 28 heavy (non-hydrogen) atoms. The highest BCUT2D eigenvalue weighted by molar-refractivity contribution is 6.43. The molecule has 1 heterocycles. The highest BCUT2D eigenvalue weighted by Crippen LogP contribution is 2.29. The second kappa shape index (κ2) is 8.02. The van der Waals surface area contributed by atoms with Crippen molar-refractivity contribution in [1.82, 2.24) is 4.57 Å². The van der Waals surface area contributed by atoms with Gasteiger partial charge in [-0.25, -0.2) is 4.39 Å². The zero-order valence-corrected chi connectivity index (χ0v) is 16.6. The summed E-state index contributed by atoms with van der Waals surface area (Å²) in [4.78, 5) is 13.0. The summed E-state index contributed by atoms with van der Waals surface area (Å²) >= 11 is 12.2. The maximum Gasteiger partial charge on any atom is 0.205 e. The Labute approximate surface area is 172 Å². The van der Waals surface area contributed by atoms with Crippen LogP contribution in [0, 0.1) is 31.0 Å². The largest absolute Gasteiger partial charge is 0.315 e. The molecule has 3 aromatic rings. The van der Waals surface area contributed by atoms with Gasteiger partial charge < -0.3 is 4.57 Å². The lowest BCUT2D eigenvalue weighted by molar-refractivity contribution is 0.103. The molecule has 1 aromatic heterocycles. The molecule has 3 rings (SSSR count). The molecule has 0 fully saturated rings. The molecule has 0 N–H and O–H groups in total. The van der Waals surface area contributed by atoms with Crippen LogP contribution in [0.3, 0.4) is 0 Å². The van der Waals surface area contributed by atoms with Crippen molar-refractivity contribution in [3.63, 3.8) is 0 Å². The predicted molar refractivity (Wildman–Crippen MR) is 110 cm³/mol. The number of aromatic nitrogens is 1. The average Bonchev–Trinajstić information content (AvgIpc) is 2.97. The fraction of sp³-hybridized carbons (Fsp3) is 0.0909. The highest BCUT2D eigenvalue weighted by atomic mass is 35.5. The third kappa shape index (κ3) is 3.60. The Balaban J connectivity index is 2.09. The van der Waals surface area contributed by atoms with Crippen molar-refractivity contribution in [3.8, 4) is 11.8 Å². The van der Waals surface area contributed by atoms with Gasteiger partial charge in [0, 0.05) is 17.0 Å². The number of ketones is 1. The molecule has 0 saturated heterocycles. The van der Waals surface area contributed by atoms with Gasteiger partial charge in [0.2, 0.25) is 5.78 Å². The summed E-state index contributed by atoms with van der Waals surface area (Å²) in [5.74, 6) is -0.862. The molecule has 0 amide bonds. The number of para-hydroxylation sites is 1. The summed E-state index contributed by atoms with van der Waals surface area (Å²) in [6.45, 7) is 3.49. The normalized spacial score (nSPS) is 11.4. The molecule has 0 radical (unpaired) electrons. The number of rotatable bonds is 4. The molecule has 0 unspecified atom stereocenters. The summed E-state index contributed by atoms with van der Waals surface area (Å²) < 4.78 is 15.9. The summed E-state index contributed by atoms with van der Waals surface area (Å²) in [6, 6.07) is 14.9. The van der Waals surface area contributed by atoms with Crippen LogP contribution in [0.15, 0.2) is 54.1 Å². The molecular weight excluding hydrogens is 398 g/mol. The minimum absolute atomic E-state index is 0.0852. The number of nitrogens with zero attached hydrogens (tertiary/aromatic N) is 2. The third-order valence-corrected chi connectivity index (χ3v) is 5.25. The van der Waals surface area contributed by atoms with E-state index in [9.17, 15) is 14.4 Å². The lowest BCUT2D eigenvalue weighted by Gasteiger charge is -2.10. The van der Waals surface area contributed by atoms with Crippen molar-refractivity contribution in [2.45, 2.75) is 13.8 Å². The number of halogens is 3. The van der Waals surface area contributed by atoms with Crippen LogP contribution in [0.25, 0.3) is 11.8 Å². The molecule has 6 heteroatoms. The Hall–Kier alpha value is -2.87. The molecule has 0 aliphatic heterocycles. The van der Waals surface area contributed by atoms with E-state index in [0.29, 0.717) is 33.2 Å². The monoisotopic (exact) mass is 412 g/mol. The van der Waals surface area contributed by atoms with Crippen molar-refractivity contribution in [2.24, 2.45) is 0 Å². The van der Waals surface area contributed by atoms with Gasteiger partial charge in [0.25, 0.3) is 0 Å². The molecule has 0 atom stereocenters. The Morgan fingerprint density at radius 1 is 1.14 bits per heavy atom. The first-order valence-corrected chi connectivity index (χ1v) is 9.15. The summed E-state index contributed by atoms with van der Waals surface area (Å²) in [5, 5.41) is 10.1. The summed E-state index contributed by atoms with van der Waals surface area (Å²) in [6.07, 6.45) is 1.41. The van der Waals surface area contributed by atoms with E-state index in [2.05, 4.69) is 0 Å². The number of hydrogen-bond acceptors (Lipinski definition) is 2. The quantitative estimate of drug-likeness (QED) is 0.285. The lowest BCUT2D eigenvalue weighted by Crippen LogP contribution is -2.06. The molecule has 2 aromatic carbocycles. The zero-order valence-electron chi connectivity index (χ0n) is 15.1. The highest BCUT2D eigenvalue weighted by Gasteiger charge is 2.21. The van der Waals surface area contributed by atoms with Crippen LogP contribution >= 0.6 is 23.2 Å². The molecule has 0 bridgehead atoms. The van der Waals surface area contributed by atoms with Crippen molar-refractivity contribution < 1.29 is 9.18 Å². The zero-order chi connectivity index (χ0) is 20.4. The van der Waals surface area contributed by atoms with Gasteiger partial charge in [-0.2, -0.15) is 5.26 Å². The number of Topliss-reactive ketones (excluding diaryl/α,β-unsaturated/α-hetero) is 1. The van der Waals surface area contributed by atoms with Crippen molar-refractivity contribution in [1.29, 1.82) is 5.26 Å². The average molecular weight is 413 g/mol. The van der Waals surface area contributed by atoms with Gasteiger partial charge in [-0.3, -0.25) is 4.79 Å². The number of hydrogen-bond donors (Lipinski definition) is 0. The maximum atomic E-state index is 14.2. The number of allylic oxidation sites excluding steroid dienone is 1. The smallest absolute Gasteiger partial charge is 0.205 e. The van der Waals surface area contributed by atoms with E-state index in [1.165, 1.54) is 12.1 Å². The van der Waals surface area contributed by atoms with Crippen LogP contribution in [0.4, 0.5) is 4.39 Å². The van der Waals surface area contributed by atoms with Crippen molar-refractivity contribution in [3.05, 3.63) is 92.5 Å². The van der Waals surface area contributed by atoms with Crippen LogP contribution < -0.4 is 0 Å². The molecule has 3 nitrogen and oxygen atoms in total. The van der Waals surface area contributed by atoms with Crippen LogP contribution in [-0.4, -0.2) is 10.4 Å². The minimum Gasteiger partial charge on any atom is -0.315 e. The van der Waals surface area contributed by atoms with Gasteiger partial charge in [0.15, 0.2) is 0 Å². The summed E-state index contributed by atoms with van der Waals surface area (Å²) in [5.41, 5.74) is 2.29. The fourth-order valence-corrected chi connectivity index (χ4v) is 3.44. The number of benzene rings is 2. The Morgan fingerprint density at radius 3 is 2.54 bits per heavy atom. The number of carbonyl (C=O) groups excluding carboxylic acids is 1. The van der Waals surface area contributed by atoms with E-state index < -0.39 is 11.6 Å². The Morgan fingerprint density at radius 2 is 1.86 bits per heavy atom. The molecule has 0 saturated carbocycles. The SMILES string of the molecule is Cc1cc(C(=O)/C(C#N)=C\c2cccc(Cl)c2Cl)c(C)n1-c1ccccc1F. The van der Waals surface area contributed by atoms with E-state index in [0.717, 1.165) is 0 Å². The van der Waals surface area contributed by atoms with E-state index >= 15 is 0 Å².